The van der Waals surface area contributed by atoms with Crippen LogP contribution in [0.25, 0.3) is 33.6 Å². The Balaban J connectivity index is 1.43. The molecule has 1 aromatic carbocycles. The fourth-order valence-electron chi connectivity index (χ4n) is 3.82. The number of benzene rings is 1. The van der Waals surface area contributed by atoms with Crippen LogP contribution in [0.2, 0.25) is 5.02 Å². The van der Waals surface area contributed by atoms with Gasteiger partial charge in [-0.25, -0.2) is 9.97 Å². The van der Waals surface area contributed by atoms with Gasteiger partial charge in [0.2, 0.25) is 5.95 Å². The summed E-state index contributed by atoms with van der Waals surface area (Å²) in [6.07, 6.45) is 11.0. The largest absolute Gasteiger partial charge is 0.285 e. The number of hydrogen-bond donors (Lipinski definition) is 0. The molecule has 0 bridgehead atoms. The van der Waals surface area contributed by atoms with E-state index in [9.17, 15) is 0 Å². The summed E-state index contributed by atoms with van der Waals surface area (Å²) in [4.78, 5) is 8.68. The lowest BCUT2D eigenvalue weighted by Crippen LogP contribution is -1.98. The van der Waals surface area contributed by atoms with Gasteiger partial charge in [-0.3, -0.25) is 8.97 Å². The molecule has 29 heavy (non-hydrogen) atoms. The molecule has 6 rings (SSSR count). The lowest BCUT2D eigenvalue weighted by molar-refractivity contribution is 0.758. The SMILES string of the molecule is Clc1c(-c2ccc3c(ccn3-c3ncccn3)c2)ccn2c(CC3CC3)nnc12. The highest BCUT2D eigenvalue weighted by Crippen LogP contribution is 2.35. The van der Waals surface area contributed by atoms with Gasteiger partial charge < -0.3 is 0 Å². The quantitative estimate of drug-likeness (QED) is 0.437. The van der Waals surface area contributed by atoms with Crippen molar-refractivity contribution in [1.82, 2.24) is 29.1 Å². The maximum Gasteiger partial charge on any atom is 0.234 e. The number of hydrogen-bond acceptors (Lipinski definition) is 4. The summed E-state index contributed by atoms with van der Waals surface area (Å²) in [5.74, 6) is 2.40. The summed E-state index contributed by atoms with van der Waals surface area (Å²) in [5, 5.41) is 10.5. The Labute approximate surface area is 171 Å². The van der Waals surface area contributed by atoms with E-state index in [1.54, 1.807) is 12.4 Å². The summed E-state index contributed by atoms with van der Waals surface area (Å²) >= 11 is 6.75. The third-order valence-electron chi connectivity index (χ3n) is 5.53. The van der Waals surface area contributed by atoms with E-state index >= 15 is 0 Å². The topological polar surface area (TPSA) is 60.9 Å². The Kier molecular flexibility index (Phi) is 3.67. The molecule has 5 aromatic rings. The number of halogens is 1. The molecule has 0 atom stereocenters. The minimum Gasteiger partial charge on any atom is -0.285 e. The van der Waals surface area contributed by atoms with Gasteiger partial charge in [0.05, 0.1) is 10.5 Å². The molecule has 0 aliphatic heterocycles. The Hall–Kier alpha value is -3.25. The summed E-state index contributed by atoms with van der Waals surface area (Å²) in [7, 11) is 0. The van der Waals surface area contributed by atoms with Crippen molar-refractivity contribution >= 4 is 28.2 Å². The molecule has 0 radical (unpaired) electrons. The average Bonchev–Trinajstić information content (AvgIpc) is 3.32. The Bertz CT molecular complexity index is 1350. The predicted molar refractivity (Wildman–Crippen MR) is 112 cm³/mol. The van der Waals surface area contributed by atoms with Crippen molar-refractivity contribution in [2.75, 3.05) is 0 Å². The average molecular weight is 401 g/mol. The highest BCUT2D eigenvalue weighted by molar-refractivity contribution is 6.36. The lowest BCUT2D eigenvalue weighted by atomic mass is 10.0. The molecule has 142 valence electrons. The normalized spacial score (nSPS) is 14.1. The molecular weight excluding hydrogens is 384 g/mol. The minimum atomic E-state index is 0.632. The van der Waals surface area contributed by atoms with Gasteiger partial charge in [-0.2, -0.15) is 0 Å². The van der Waals surface area contributed by atoms with Gasteiger partial charge in [-0.15, -0.1) is 10.2 Å². The van der Waals surface area contributed by atoms with Gasteiger partial charge in [0.15, 0.2) is 5.65 Å². The van der Waals surface area contributed by atoms with Crippen LogP contribution in [-0.4, -0.2) is 29.1 Å². The maximum atomic E-state index is 6.75. The smallest absolute Gasteiger partial charge is 0.234 e. The monoisotopic (exact) mass is 400 g/mol. The van der Waals surface area contributed by atoms with Crippen LogP contribution in [0.5, 0.6) is 0 Å². The van der Waals surface area contributed by atoms with Crippen LogP contribution >= 0.6 is 11.6 Å². The molecule has 7 heteroatoms. The van der Waals surface area contributed by atoms with Gasteiger partial charge in [-0.05, 0) is 54.7 Å². The molecular formula is C22H17ClN6. The first-order valence-electron chi connectivity index (χ1n) is 9.69. The lowest BCUT2D eigenvalue weighted by Gasteiger charge is -2.08. The molecule has 4 heterocycles. The highest BCUT2D eigenvalue weighted by atomic mass is 35.5. The first-order valence-corrected chi connectivity index (χ1v) is 10.1. The second-order valence-electron chi connectivity index (χ2n) is 7.51. The summed E-state index contributed by atoms with van der Waals surface area (Å²) in [6, 6.07) is 12.2. The van der Waals surface area contributed by atoms with E-state index in [-0.39, 0.29) is 0 Å². The number of fused-ring (bicyclic) bond motifs is 2. The number of nitrogens with zero attached hydrogens (tertiary/aromatic N) is 6. The van der Waals surface area contributed by atoms with Crippen molar-refractivity contribution in [1.29, 1.82) is 0 Å². The fourth-order valence-corrected chi connectivity index (χ4v) is 4.12. The molecule has 0 spiro atoms. The molecule has 0 saturated heterocycles. The standard InChI is InChI=1S/C22H17ClN6/c23-20-17(7-11-29-19(12-14-2-3-14)26-27-21(20)29)15-4-5-18-16(13-15)6-10-28(18)22-24-8-1-9-25-22/h1,4-11,13-14H,2-3,12H2. The van der Waals surface area contributed by atoms with E-state index in [0.29, 0.717) is 11.0 Å². The van der Waals surface area contributed by atoms with Gasteiger partial charge in [-0.1, -0.05) is 17.7 Å². The van der Waals surface area contributed by atoms with E-state index in [0.717, 1.165) is 45.8 Å². The Morgan fingerprint density at radius 1 is 1.00 bits per heavy atom. The first kappa shape index (κ1) is 16.7. The molecule has 6 nitrogen and oxygen atoms in total. The number of pyridine rings is 1. The van der Waals surface area contributed by atoms with Crippen molar-refractivity contribution in [3.05, 3.63) is 72.0 Å². The predicted octanol–water partition coefficient (Wildman–Crippen LogP) is 4.74. The zero-order chi connectivity index (χ0) is 19.4. The van der Waals surface area contributed by atoms with Crippen LogP contribution < -0.4 is 0 Å². The van der Waals surface area contributed by atoms with E-state index in [4.69, 9.17) is 11.6 Å². The highest BCUT2D eigenvalue weighted by Gasteiger charge is 2.24. The molecule has 1 aliphatic rings. The molecule has 4 aromatic heterocycles. The number of aromatic nitrogens is 6. The van der Waals surface area contributed by atoms with Gasteiger partial charge in [0, 0.05) is 42.2 Å². The van der Waals surface area contributed by atoms with Crippen LogP contribution in [0.3, 0.4) is 0 Å². The fraction of sp³-hybridized carbons (Fsp3) is 0.182. The summed E-state index contributed by atoms with van der Waals surface area (Å²) in [5.41, 5.74) is 3.76. The maximum absolute atomic E-state index is 6.75. The van der Waals surface area contributed by atoms with E-state index in [1.165, 1.54) is 12.8 Å². The summed E-state index contributed by atoms with van der Waals surface area (Å²) in [6.45, 7) is 0. The molecule has 0 amide bonds. The van der Waals surface area contributed by atoms with Crippen molar-refractivity contribution in [3.8, 4) is 17.1 Å². The zero-order valence-corrected chi connectivity index (χ0v) is 16.3. The Morgan fingerprint density at radius 2 is 1.86 bits per heavy atom. The number of rotatable bonds is 4. The van der Waals surface area contributed by atoms with Crippen molar-refractivity contribution in [2.45, 2.75) is 19.3 Å². The molecule has 1 saturated carbocycles. The van der Waals surface area contributed by atoms with Crippen molar-refractivity contribution < 1.29 is 0 Å². The Morgan fingerprint density at radius 3 is 2.69 bits per heavy atom. The zero-order valence-electron chi connectivity index (χ0n) is 15.5. The van der Waals surface area contributed by atoms with Crippen LogP contribution in [0, 0.1) is 5.92 Å². The van der Waals surface area contributed by atoms with E-state index in [2.05, 4.69) is 44.4 Å². The molecule has 1 fully saturated rings. The van der Waals surface area contributed by atoms with Crippen molar-refractivity contribution in [3.63, 3.8) is 0 Å². The molecule has 0 unspecified atom stereocenters. The van der Waals surface area contributed by atoms with Crippen LogP contribution in [0.1, 0.15) is 18.7 Å². The van der Waals surface area contributed by atoms with Crippen LogP contribution in [0.4, 0.5) is 0 Å². The molecule has 1 aliphatic carbocycles. The third kappa shape index (κ3) is 2.79. The van der Waals surface area contributed by atoms with Gasteiger partial charge in [0.1, 0.15) is 5.82 Å². The minimum absolute atomic E-state index is 0.632. The second kappa shape index (κ2) is 6.39. The van der Waals surface area contributed by atoms with Crippen LogP contribution in [0.15, 0.2) is 61.2 Å². The van der Waals surface area contributed by atoms with Gasteiger partial charge in [0.25, 0.3) is 0 Å². The second-order valence-corrected chi connectivity index (χ2v) is 7.89. The van der Waals surface area contributed by atoms with E-state index in [1.807, 2.05) is 33.5 Å². The van der Waals surface area contributed by atoms with E-state index < -0.39 is 0 Å². The third-order valence-corrected chi connectivity index (χ3v) is 5.90. The van der Waals surface area contributed by atoms with Crippen LogP contribution in [-0.2, 0) is 6.42 Å². The summed E-state index contributed by atoms with van der Waals surface area (Å²) < 4.78 is 4.00. The molecule has 0 N–H and O–H groups in total. The van der Waals surface area contributed by atoms with Crippen molar-refractivity contribution in [2.24, 2.45) is 5.92 Å². The first-order chi connectivity index (χ1) is 14.3. The van der Waals surface area contributed by atoms with Gasteiger partial charge >= 0.3 is 0 Å².